The van der Waals surface area contributed by atoms with Crippen molar-refractivity contribution in [2.75, 3.05) is 20.3 Å². The molecule has 0 amide bonds. The van der Waals surface area contributed by atoms with Crippen molar-refractivity contribution in [1.82, 2.24) is 10.3 Å². The predicted molar refractivity (Wildman–Crippen MR) is 92.2 cm³/mol. The van der Waals surface area contributed by atoms with E-state index in [4.69, 9.17) is 9.72 Å². The van der Waals surface area contributed by atoms with E-state index in [0.29, 0.717) is 6.04 Å². The molecule has 0 radical (unpaired) electrons. The highest BCUT2D eigenvalue weighted by atomic mass is 32.1. The van der Waals surface area contributed by atoms with Gasteiger partial charge in [-0.2, -0.15) is 0 Å². The minimum atomic E-state index is 0.133. The first kappa shape index (κ1) is 18.6. The van der Waals surface area contributed by atoms with Crippen LogP contribution in [0.2, 0.25) is 0 Å². The quantitative estimate of drug-likeness (QED) is 0.637. The standard InChI is InChI=1S/C17H32N2OS/c1-6-7-8-9-10-14(18-11-12-20-5)16-19-15(13-21-16)17(2,3)4/h13-14,18H,6-12H2,1-5H3. The van der Waals surface area contributed by atoms with E-state index in [-0.39, 0.29) is 5.41 Å². The number of rotatable bonds is 10. The Balaban J connectivity index is 2.63. The van der Waals surface area contributed by atoms with Crippen LogP contribution in [0.3, 0.4) is 0 Å². The van der Waals surface area contributed by atoms with Gasteiger partial charge in [0.1, 0.15) is 5.01 Å². The molecule has 0 aromatic carbocycles. The third-order valence-electron chi connectivity index (χ3n) is 3.63. The molecule has 0 fully saturated rings. The first-order valence-electron chi connectivity index (χ1n) is 8.17. The van der Waals surface area contributed by atoms with Crippen LogP contribution in [-0.4, -0.2) is 25.2 Å². The predicted octanol–water partition coefficient (Wildman–Crippen LogP) is 4.69. The second-order valence-corrected chi connectivity index (χ2v) is 7.56. The van der Waals surface area contributed by atoms with Crippen LogP contribution in [0.5, 0.6) is 0 Å². The number of hydrogen-bond acceptors (Lipinski definition) is 4. The fourth-order valence-electron chi connectivity index (χ4n) is 2.22. The zero-order valence-corrected chi connectivity index (χ0v) is 15.2. The van der Waals surface area contributed by atoms with Crippen molar-refractivity contribution in [2.24, 2.45) is 0 Å². The van der Waals surface area contributed by atoms with Crippen molar-refractivity contribution in [3.05, 3.63) is 16.1 Å². The summed E-state index contributed by atoms with van der Waals surface area (Å²) in [6, 6.07) is 0.373. The summed E-state index contributed by atoms with van der Waals surface area (Å²) in [6.45, 7) is 10.6. The highest BCUT2D eigenvalue weighted by Crippen LogP contribution is 2.29. The molecule has 21 heavy (non-hydrogen) atoms. The third-order valence-corrected chi connectivity index (χ3v) is 4.59. The van der Waals surface area contributed by atoms with Gasteiger partial charge in [0.05, 0.1) is 18.3 Å². The van der Waals surface area contributed by atoms with Crippen molar-refractivity contribution in [3.63, 3.8) is 0 Å². The van der Waals surface area contributed by atoms with Crippen molar-refractivity contribution in [1.29, 1.82) is 0 Å². The molecule has 1 heterocycles. The molecule has 0 aliphatic heterocycles. The lowest BCUT2D eigenvalue weighted by atomic mass is 9.93. The largest absolute Gasteiger partial charge is 0.383 e. The molecule has 1 aromatic rings. The average molecular weight is 313 g/mol. The molecular formula is C17H32N2OS. The molecule has 4 heteroatoms. The molecule has 1 unspecified atom stereocenters. The minimum absolute atomic E-state index is 0.133. The Morgan fingerprint density at radius 2 is 2.05 bits per heavy atom. The van der Waals surface area contributed by atoms with E-state index in [9.17, 15) is 0 Å². The number of hydrogen-bond donors (Lipinski definition) is 1. The second-order valence-electron chi connectivity index (χ2n) is 6.67. The SMILES string of the molecule is CCCCCCC(NCCOC)c1nc(C(C)(C)C)cs1. The van der Waals surface area contributed by atoms with E-state index in [1.54, 1.807) is 18.4 Å². The van der Waals surface area contributed by atoms with Crippen LogP contribution in [-0.2, 0) is 10.2 Å². The van der Waals surface area contributed by atoms with Gasteiger partial charge in [-0.25, -0.2) is 4.98 Å². The van der Waals surface area contributed by atoms with Gasteiger partial charge in [0.25, 0.3) is 0 Å². The first-order chi connectivity index (χ1) is 9.99. The minimum Gasteiger partial charge on any atom is -0.383 e. The number of ether oxygens (including phenoxy) is 1. The maximum atomic E-state index is 5.15. The van der Waals surface area contributed by atoms with Gasteiger partial charge in [-0.3, -0.25) is 0 Å². The van der Waals surface area contributed by atoms with Gasteiger partial charge in [0.15, 0.2) is 0 Å². The topological polar surface area (TPSA) is 34.1 Å². The number of methoxy groups -OCH3 is 1. The summed E-state index contributed by atoms with van der Waals surface area (Å²) in [6.07, 6.45) is 6.36. The Labute approximate surface area is 134 Å². The van der Waals surface area contributed by atoms with Crippen molar-refractivity contribution >= 4 is 11.3 Å². The number of nitrogens with zero attached hydrogens (tertiary/aromatic N) is 1. The van der Waals surface area contributed by atoms with Gasteiger partial charge >= 0.3 is 0 Å². The maximum Gasteiger partial charge on any atom is 0.110 e. The molecule has 1 rings (SSSR count). The van der Waals surface area contributed by atoms with Crippen LogP contribution in [0.15, 0.2) is 5.38 Å². The lowest BCUT2D eigenvalue weighted by Crippen LogP contribution is -2.25. The Hall–Kier alpha value is -0.450. The van der Waals surface area contributed by atoms with Crippen LogP contribution in [0.1, 0.15) is 76.5 Å². The number of unbranched alkanes of at least 4 members (excludes halogenated alkanes) is 3. The monoisotopic (exact) mass is 312 g/mol. The van der Waals surface area contributed by atoms with Gasteiger partial charge in [0, 0.05) is 24.4 Å². The van der Waals surface area contributed by atoms with Crippen LogP contribution >= 0.6 is 11.3 Å². The molecular weight excluding hydrogens is 280 g/mol. The van der Waals surface area contributed by atoms with Crippen molar-refractivity contribution in [2.45, 2.75) is 71.3 Å². The molecule has 1 aromatic heterocycles. The zero-order valence-electron chi connectivity index (χ0n) is 14.4. The van der Waals surface area contributed by atoms with E-state index in [2.05, 4.69) is 38.4 Å². The maximum absolute atomic E-state index is 5.15. The van der Waals surface area contributed by atoms with E-state index in [1.807, 2.05) is 0 Å². The van der Waals surface area contributed by atoms with Gasteiger partial charge in [0.2, 0.25) is 0 Å². The molecule has 1 N–H and O–H groups in total. The molecule has 0 aliphatic carbocycles. The third kappa shape index (κ3) is 6.90. The Morgan fingerprint density at radius 3 is 2.62 bits per heavy atom. The summed E-state index contributed by atoms with van der Waals surface area (Å²) in [5.74, 6) is 0. The summed E-state index contributed by atoms with van der Waals surface area (Å²) in [5.41, 5.74) is 1.34. The van der Waals surface area contributed by atoms with Gasteiger partial charge < -0.3 is 10.1 Å². The van der Waals surface area contributed by atoms with E-state index < -0.39 is 0 Å². The lowest BCUT2D eigenvalue weighted by molar-refractivity contribution is 0.194. The van der Waals surface area contributed by atoms with E-state index >= 15 is 0 Å². The Morgan fingerprint density at radius 1 is 1.29 bits per heavy atom. The summed E-state index contributed by atoms with van der Waals surface area (Å²) >= 11 is 1.79. The number of nitrogens with one attached hydrogen (secondary N) is 1. The smallest absolute Gasteiger partial charge is 0.110 e. The van der Waals surface area contributed by atoms with Crippen molar-refractivity contribution < 1.29 is 4.74 Å². The molecule has 122 valence electrons. The lowest BCUT2D eigenvalue weighted by Gasteiger charge is -2.18. The summed E-state index contributed by atoms with van der Waals surface area (Å²) < 4.78 is 5.15. The first-order valence-corrected chi connectivity index (χ1v) is 9.05. The highest BCUT2D eigenvalue weighted by Gasteiger charge is 2.21. The zero-order chi connectivity index (χ0) is 15.7. The fourth-order valence-corrected chi connectivity index (χ4v) is 3.37. The molecule has 1 atom stereocenters. The van der Waals surface area contributed by atoms with E-state index in [1.165, 1.54) is 42.8 Å². The van der Waals surface area contributed by atoms with Crippen LogP contribution in [0.4, 0.5) is 0 Å². The fraction of sp³-hybridized carbons (Fsp3) is 0.824. The highest BCUT2D eigenvalue weighted by molar-refractivity contribution is 7.09. The molecule has 0 saturated carbocycles. The molecule has 3 nitrogen and oxygen atoms in total. The number of aromatic nitrogens is 1. The van der Waals surface area contributed by atoms with Crippen LogP contribution in [0, 0.1) is 0 Å². The molecule has 0 bridgehead atoms. The number of thiazole rings is 1. The van der Waals surface area contributed by atoms with Gasteiger partial charge in [-0.15, -0.1) is 11.3 Å². The summed E-state index contributed by atoms with van der Waals surface area (Å²) in [7, 11) is 1.75. The van der Waals surface area contributed by atoms with Gasteiger partial charge in [-0.1, -0.05) is 53.4 Å². The Bertz CT molecular complexity index is 384. The van der Waals surface area contributed by atoms with Crippen LogP contribution < -0.4 is 5.32 Å². The van der Waals surface area contributed by atoms with Crippen LogP contribution in [0.25, 0.3) is 0 Å². The molecule has 0 spiro atoms. The normalized spacial score (nSPS) is 13.6. The summed E-state index contributed by atoms with van der Waals surface area (Å²) in [5, 5.41) is 7.05. The van der Waals surface area contributed by atoms with Gasteiger partial charge in [-0.05, 0) is 6.42 Å². The molecule has 0 aliphatic rings. The summed E-state index contributed by atoms with van der Waals surface area (Å²) in [4.78, 5) is 4.87. The average Bonchev–Trinajstić information content (AvgIpc) is 2.91. The molecule has 0 saturated heterocycles. The Kier molecular flexibility index (Phi) is 8.45. The van der Waals surface area contributed by atoms with E-state index in [0.717, 1.165) is 13.2 Å². The second kappa shape index (κ2) is 9.54. The van der Waals surface area contributed by atoms with Crippen molar-refractivity contribution in [3.8, 4) is 0 Å².